The van der Waals surface area contributed by atoms with Crippen molar-refractivity contribution in [3.8, 4) is 22.5 Å². The molecule has 0 aliphatic rings. The average molecular weight is 453 g/mol. The molecule has 0 radical (unpaired) electrons. The van der Waals surface area contributed by atoms with Gasteiger partial charge < -0.3 is 4.98 Å². The summed E-state index contributed by atoms with van der Waals surface area (Å²) in [6, 6.07) is 34.4. The zero-order valence-electron chi connectivity index (χ0n) is 19.7. The van der Waals surface area contributed by atoms with Crippen LogP contribution in [0.3, 0.4) is 0 Å². The Labute approximate surface area is 203 Å². The highest BCUT2D eigenvalue weighted by Crippen LogP contribution is 2.36. The minimum atomic E-state index is -0.0177. The lowest BCUT2D eigenvalue weighted by Crippen LogP contribution is -2.14. The van der Waals surface area contributed by atoms with E-state index in [9.17, 15) is 4.79 Å². The van der Waals surface area contributed by atoms with Crippen LogP contribution in [0.4, 0.5) is 5.69 Å². The largest absolute Gasteiger partial charge is 0.354 e. The van der Waals surface area contributed by atoms with Crippen molar-refractivity contribution in [3.05, 3.63) is 130 Å². The third kappa shape index (κ3) is 3.62. The van der Waals surface area contributed by atoms with Crippen LogP contribution in [0.15, 0.2) is 113 Å². The monoisotopic (exact) mass is 452 g/mol. The molecular weight excluding hydrogens is 428 g/mol. The van der Waals surface area contributed by atoms with Crippen molar-refractivity contribution in [2.24, 2.45) is 4.99 Å². The first-order chi connectivity index (χ1) is 17.1. The summed E-state index contributed by atoms with van der Waals surface area (Å²) in [7, 11) is 0. The second-order valence-electron chi connectivity index (χ2n) is 9.00. The molecule has 3 heteroatoms. The van der Waals surface area contributed by atoms with Gasteiger partial charge in [-0.3, -0.25) is 4.79 Å². The molecule has 168 valence electrons. The van der Waals surface area contributed by atoms with E-state index >= 15 is 0 Å². The molecule has 0 unspecified atom stereocenters. The fourth-order valence-corrected chi connectivity index (χ4v) is 4.94. The molecule has 35 heavy (non-hydrogen) atoms. The Hall–Kier alpha value is -4.50. The number of aryl methyl sites for hydroxylation is 2. The molecule has 6 rings (SSSR count). The fourth-order valence-electron chi connectivity index (χ4n) is 4.94. The number of nitrogens with zero attached hydrogens (tertiary/aromatic N) is 1. The highest BCUT2D eigenvalue weighted by molar-refractivity contribution is 6.17. The third-order valence-corrected chi connectivity index (χ3v) is 6.61. The summed E-state index contributed by atoms with van der Waals surface area (Å²) in [6.07, 6.45) is 0. The Balaban J connectivity index is 1.78. The molecule has 0 aliphatic carbocycles. The van der Waals surface area contributed by atoms with Crippen molar-refractivity contribution < 1.29 is 0 Å². The van der Waals surface area contributed by atoms with E-state index in [-0.39, 0.29) is 5.43 Å². The van der Waals surface area contributed by atoms with E-state index in [0.29, 0.717) is 10.7 Å². The van der Waals surface area contributed by atoms with Gasteiger partial charge in [0.2, 0.25) is 0 Å². The summed E-state index contributed by atoms with van der Waals surface area (Å²) in [5.74, 6) is 0. The Bertz CT molecular complexity index is 1760. The first kappa shape index (κ1) is 21.1. The molecule has 5 aromatic carbocycles. The van der Waals surface area contributed by atoms with Crippen LogP contribution >= 0.6 is 0 Å². The Morgan fingerprint density at radius 2 is 1.23 bits per heavy atom. The van der Waals surface area contributed by atoms with E-state index < -0.39 is 0 Å². The fraction of sp³-hybridized carbons (Fsp3) is 0.0625. The van der Waals surface area contributed by atoms with Gasteiger partial charge >= 0.3 is 0 Å². The van der Waals surface area contributed by atoms with Gasteiger partial charge in [-0.05, 0) is 54.8 Å². The number of hydrogen-bond donors (Lipinski definition) is 1. The third-order valence-electron chi connectivity index (χ3n) is 6.61. The molecule has 0 saturated heterocycles. The van der Waals surface area contributed by atoms with Gasteiger partial charge in [0.15, 0.2) is 5.43 Å². The quantitative estimate of drug-likeness (QED) is 0.301. The molecule has 6 aromatic rings. The van der Waals surface area contributed by atoms with Crippen LogP contribution in [-0.2, 0) is 0 Å². The van der Waals surface area contributed by atoms with Gasteiger partial charge in [-0.25, -0.2) is 4.99 Å². The highest BCUT2D eigenvalue weighted by atomic mass is 16.1. The minimum Gasteiger partial charge on any atom is -0.354 e. The van der Waals surface area contributed by atoms with Crippen LogP contribution in [0, 0.1) is 13.8 Å². The average Bonchev–Trinajstić information content (AvgIpc) is 2.89. The molecule has 0 fully saturated rings. The molecule has 1 N–H and O–H groups in total. The van der Waals surface area contributed by atoms with Crippen molar-refractivity contribution in [1.29, 1.82) is 0 Å². The Morgan fingerprint density at radius 3 is 1.83 bits per heavy atom. The summed E-state index contributed by atoms with van der Waals surface area (Å²) in [4.78, 5) is 22.0. The first-order valence-electron chi connectivity index (χ1n) is 11.8. The van der Waals surface area contributed by atoms with Gasteiger partial charge in [0.05, 0.1) is 27.8 Å². The van der Waals surface area contributed by atoms with Crippen LogP contribution in [0.5, 0.6) is 0 Å². The highest BCUT2D eigenvalue weighted by Gasteiger charge is 2.17. The lowest BCUT2D eigenvalue weighted by molar-refractivity contribution is 1.29. The Morgan fingerprint density at radius 1 is 0.629 bits per heavy atom. The second-order valence-corrected chi connectivity index (χ2v) is 9.00. The molecule has 0 bridgehead atoms. The number of pyridine rings is 1. The summed E-state index contributed by atoms with van der Waals surface area (Å²) >= 11 is 0. The maximum atomic E-state index is 13.4. The topological polar surface area (TPSA) is 45.2 Å². The van der Waals surface area contributed by atoms with Crippen LogP contribution in [0.25, 0.3) is 44.1 Å². The number of aromatic amines is 1. The van der Waals surface area contributed by atoms with Crippen molar-refractivity contribution in [2.45, 2.75) is 13.8 Å². The molecule has 0 atom stereocenters. The van der Waals surface area contributed by atoms with Gasteiger partial charge in [0, 0.05) is 16.2 Å². The predicted octanol–water partition coefficient (Wildman–Crippen LogP) is 7.30. The molecular formula is C32H24N2O. The van der Waals surface area contributed by atoms with E-state index in [1.807, 2.05) is 54.6 Å². The predicted molar refractivity (Wildman–Crippen MR) is 145 cm³/mol. The smallest absolute Gasteiger partial charge is 0.188 e. The standard InChI is InChI=1S/C32H24N2O/c1-20-13-16-26(21(2)19-20)33-27-17-14-24-29-25(15-18-28(35)30(27)29)32(23-11-7-4-8-12-23)34-31(24)22-9-5-3-6-10-22/h3-19,34H,1-2H3. The van der Waals surface area contributed by atoms with Crippen molar-refractivity contribution in [3.63, 3.8) is 0 Å². The van der Waals surface area contributed by atoms with Crippen molar-refractivity contribution >= 4 is 27.2 Å². The van der Waals surface area contributed by atoms with Crippen LogP contribution in [0.2, 0.25) is 0 Å². The van der Waals surface area contributed by atoms with Gasteiger partial charge in [0.25, 0.3) is 0 Å². The SMILES string of the molecule is Cc1ccc(N=c2ccc3c(-c4ccccc4)[nH]c(-c4ccccc4)c4ccc(=O)c2c43)c(C)c1. The molecule has 0 spiro atoms. The maximum absolute atomic E-state index is 13.4. The molecule has 0 saturated carbocycles. The molecule has 1 heterocycles. The zero-order valence-corrected chi connectivity index (χ0v) is 19.7. The van der Waals surface area contributed by atoms with Gasteiger partial charge in [-0.2, -0.15) is 0 Å². The van der Waals surface area contributed by atoms with E-state index in [1.54, 1.807) is 6.07 Å². The molecule has 0 aliphatic heterocycles. The first-order valence-corrected chi connectivity index (χ1v) is 11.8. The lowest BCUT2D eigenvalue weighted by atomic mass is 9.93. The van der Waals surface area contributed by atoms with Gasteiger partial charge in [-0.1, -0.05) is 84.4 Å². The summed E-state index contributed by atoms with van der Waals surface area (Å²) < 4.78 is 0. The van der Waals surface area contributed by atoms with Gasteiger partial charge in [0.1, 0.15) is 0 Å². The van der Waals surface area contributed by atoms with Crippen LogP contribution in [-0.4, -0.2) is 4.98 Å². The zero-order chi connectivity index (χ0) is 23.9. The normalized spacial score (nSPS) is 12.0. The van der Waals surface area contributed by atoms with E-state index in [2.05, 4.69) is 61.3 Å². The van der Waals surface area contributed by atoms with E-state index in [0.717, 1.165) is 49.9 Å². The molecule has 1 aromatic heterocycles. The van der Waals surface area contributed by atoms with Crippen molar-refractivity contribution in [2.75, 3.05) is 0 Å². The number of H-pyrrole nitrogens is 1. The van der Waals surface area contributed by atoms with Crippen LogP contribution in [0.1, 0.15) is 11.1 Å². The summed E-state index contributed by atoms with van der Waals surface area (Å²) in [5.41, 5.74) is 7.27. The maximum Gasteiger partial charge on any atom is 0.188 e. The lowest BCUT2D eigenvalue weighted by Gasteiger charge is -2.16. The number of hydrogen-bond acceptors (Lipinski definition) is 2. The summed E-state index contributed by atoms with van der Waals surface area (Å²) in [5, 5.41) is 4.32. The van der Waals surface area contributed by atoms with Gasteiger partial charge in [-0.15, -0.1) is 0 Å². The second kappa shape index (κ2) is 8.37. The molecule has 0 amide bonds. The Kier molecular flexibility index (Phi) is 5.04. The number of benzene rings is 5. The summed E-state index contributed by atoms with van der Waals surface area (Å²) in [6.45, 7) is 4.13. The number of aromatic nitrogens is 1. The van der Waals surface area contributed by atoms with E-state index in [1.165, 1.54) is 5.56 Å². The van der Waals surface area contributed by atoms with E-state index in [4.69, 9.17) is 4.99 Å². The number of rotatable bonds is 3. The van der Waals surface area contributed by atoms with Crippen LogP contribution < -0.4 is 10.8 Å². The minimum absolute atomic E-state index is 0.0177. The number of nitrogens with one attached hydrogen (secondary N) is 1. The molecule has 3 nitrogen and oxygen atoms in total. The van der Waals surface area contributed by atoms with Crippen molar-refractivity contribution in [1.82, 2.24) is 4.98 Å².